The fraction of sp³-hybridized carbons (Fsp3) is 0.348. The minimum absolute atomic E-state index is 0.0999. The maximum atomic E-state index is 11.1. The third-order valence-electron chi connectivity index (χ3n) is 10.7. The second-order valence-electron chi connectivity index (χ2n) is 14.9. The molecular weight excluding hydrogens is 613 g/mol. The number of fused-ring (bicyclic) bond motifs is 6. The molecule has 6 rings (SSSR count). The molecule has 50 heavy (non-hydrogen) atoms. The molecular formula is C46H53N2O2+. The van der Waals surface area contributed by atoms with E-state index in [1.807, 2.05) is 0 Å². The van der Waals surface area contributed by atoms with Crippen molar-refractivity contribution in [2.45, 2.75) is 90.4 Å². The Morgan fingerprint density at radius 3 is 2.10 bits per heavy atom. The van der Waals surface area contributed by atoms with Crippen molar-refractivity contribution < 1.29 is 14.5 Å². The van der Waals surface area contributed by atoms with Crippen LogP contribution in [0.2, 0.25) is 0 Å². The van der Waals surface area contributed by atoms with Gasteiger partial charge in [0.2, 0.25) is 5.69 Å². The number of carboxylic acids is 1. The number of rotatable bonds is 14. The number of nitrogens with zero attached hydrogens (tertiary/aromatic N) is 2. The van der Waals surface area contributed by atoms with Crippen LogP contribution in [0, 0.1) is 0 Å². The van der Waals surface area contributed by atoms with Crippen LogP contribution < -0.4 is 4.90 Å². The number of carboxylic acid groups (broad SMARTS) is 1. The van der Waals surface area contributed by atoms with Gasteiger partial charge < -0.3 is 10.0 Å². The Balaban J connectivity index is 1.24. The Morgan fingerprint density at radius 1 is 0.720 bits per heavy atom. The molecule has 4 aromatic rings. The molecule has 258 valence electrons. The first-order chi connectivity index (χ1) is 24.2. The van der Waals surface area contributed by atoms with Gasteiger partial charge in [-0.25, -0.2) is 0 Å². The molecule has 0 unspecified atom stereocenters. The summed E-state index contributed by atoms with van der Waals surface area (Å²) in [7, 11) is 0. The van der Waals surface area contributed by atoms with Crippen LogP contribution in [0.3, 0.4) is 0 Å². The fourth-order valence-corrected chi connectivity index (χ4v) is 8.28. The molecule has 0 bridgehead atoms. The van der Waals surface area contributed by atoms with Crippen molar-refractivity contribution in [1.82, 2.24) is 0 Å². The number of anilines is 1. The topological polar surface area (TPSA) is 43.5 Å². The van der Waals surface area contributed by atoms with Gasteiger partial charge in [-0.2, -0.15) is 4.58 Å². The number of benzene rings is 4. The average Bonchev–Trinajstić information content (AvgIpc) is 3.46. The van der Waals surface area contributed by atoms with Crippen molar-refractivity contribution in [3.63, 3.8) is 0 Å². The van der Waals surface area contributed by atoms with E-state index in [0.717, 1.165) is 25.9 Å². The molecule has 2 heterocycles. The molecule has 0 saturated heterocycles. The van der Waals surface area contributed by atoms with Gasteiger partial charge in [0.15, 0.2) is 5.71 Å². The van der Waals surface area contributed by atoms with Crippen molar-refractivity contribution >= 4 is 44.6 Å². The highest BCUT2D eigenvalue weighted by atomic mass is 16.4. The molecule has 0 spiro atoms. The van der Waals surface area contributed by atoms with Crippen LogP contribution in [-0.2, 0) is 15.6 Å². The molecule has 2 aliphatic rings. The maximum absolute atomic E-state index is 11.1. The van der Waals surface area contributed by atoms with Crippen molar-refractivity contribution in [2.24, 2.45) is 0 Å². The van der Waals surface area contributed by atoms with Crippen molar-refractivity contribution in [3.05, 3.63) is 132 Å². The fourth-order valence-electron chi connectivity index (χ4n) is 8.28. The Morgan fingerprint density at radius 2 is 1.38 bits per heavy atom. The molecule has 1 N–H and O–H groups in total. The number of carbonyl (C=O) groups is 1. The minimum Gasteiger partial charge on any atom is -0.481 e. The summed E-state index contributed by atoms with van der Waals surface area (Å²) < 4.78 is 2.46. The molecule has 0 aliphatic carbocycles. The van der Waals surface area contributed by atoms with E-state index >= 15 is 0 Å². The van der Waals surface area contributed by atoms with Gasteiger partial charge in [0, 0.05) is 53.9 Å². The molecule has 0 radical (unpaired) electrons. The number of aliphatic carboxylic acids is 1. The van der Waals surface area contributed by atoms with E-state index in [0.29, 0.717) is 6.42 Å². The van der Waals surface area contributed by atoms with Gasteiger partial charge in [0.25, 0.3) is 0 Å². The van der Waals surface area contributed by atoms with Crippen LogP contribution in [0.5, 0.6) is 0 Å². The van der Waals surface area contributed by atoms with Crippen molar-refractivity contribution in [1.29, 1.82) is 0 Å². The lowest BCUT2D eigenvalue weighted by Gasteiger charge is -2.27. The number of hydrogen-bond acceptors (Lipinski definition) is 2. The van der Waals surface area contributed by atoms with Gasteiger partial charge >= 0.3 is 5.97 Å². The van der Waals surface area contributed by atoms with Crippen LogP contribution in [0.1, 0.15) is 90.7 Å². The highest BCUT2D eigenvalue weighted by Gasteiger charge is 2.45. The largest absolute Gasteiger partial charge is 0.481 e. The summed E-state index contributed by atoms with van der Waals surface area (Å²) in [5, 5.41) is 14.3. The van der Waals surface area contributed by atoms with E-state index in [4.69, 9.17) is 5.11 Å². The van der Waals surface area contributed by atoms with E-state index in [9.17, 15) is 4.79 Å². The lowest BCUT2D eigenvalue weighted by Crippen LogP contribution is -2.28. The summed E-state index contributed by atoms with van der Waals surface area (Å²) >= 11 is 0. The Hall–Kier alpha value is -4.70. The molecule has 2 aliphatic heterocycles. The second kappa shape index (κ2) is 15.0. The van der Waals surface area contributed by atoms with E-state index < -0.39 is 5.97 Å². The third-order valence-corrected chi connectivity index (χ3v) is 10.7. The summed E-state index contributed by atoms with van der Waals surface area (Å²) in [5.41, 5.74) is 7.77. The zero-order valence-corrected chi connectivity index (χ0v) is 30.6. The van der Waals surface area contributed by atoms with Crippen molar-refractivity contribution in [2.75, 3.05) is 18.0 Å². The molecule has 0 atom stereocenters. The lowest BCUT2D eigenvalue weighted by atomic mass is 9.79. The standard InChI is InChI=1S/C46H52N2O2/c1-6-7-19-32-47-38-30-28-34-21-15-17-23-36(34)43(38)45(2,3)40(47)25-12-9-8-10-13-26-41-46(4,5)44-37-24-18-16-22-35(37)29-31-39(44)48(41)33-20-11-14-27-42(49)50/h8-10,12-13,15-18,21-26,28-31H,6-7,11,14,19-20,27,32-33H2,1-5H3/p+1. The SMILES string of the molecule is CCCCCN1/C(=C/C=C/C=C/C=C/C2=[N+](CCCCCC(=O)O)c3ccc4ccccc4c3C2(C)C)C(C)(C)c2c1ccc1ccccc21. The quantitative estimate of drug-likeness (QED) is 0.0828. The molecule has 0 amide bonds. The van der Waals surface area contributed by atoms with Gasteiger partial charge in [0.05, 0.1) is 5.41 Å². The number of unbranched alkanes of at least 4 members (excludes halogenated alkanes) is 4. The first kappa shape index (κ1) is 35.1. The predicted octanol–water partition coefficient (Wildman–Crippen LogP) is 11.6. The first-order valence-corrected chi connectivity index (χ1v) is 18.6. The van der Waals surface area contributed by atoms with Gasteiger partial charge in [-0.05, 0) is 78.4 Å². The van der Waals surface area contributed by atoms with E-state index in [1.54, 1.807) is 0 Å². The Labute approximate surface area is 298 Å². The van der Waals surface area contributed by atoms with Gasteiger partial charge in [-0.1, -0.05) is 119 Å². The maximum Gasteiger partial charge on any atom is 0.303 e. The number of hydrogen-bond donors (Lipinski definition) is 1. The van der Waals surface area contributed by atoms with Crippen LogP contribution >= 0.6 is 0 Å². The highest BCUT2D eigenvalue weighted by molar-refractivity contribution is 6.07. The normalized spacial score (nSPS) is 17.4. The zero-order chi connectivity index (χ0) is 35.3. The Kier molecular flexibility index (Phi) is 10.6. The molecule has 4 heteroatoms. The molecule has 0 fully saturated rings. The molecule has 0 aromatic heterocycles. The Bertz CT molecular complexity index is 2040. The van der Waals surface area contributed by atoms with Crippen LogP contribution in [0.15, 0.2) is 121 Å². The van der Waals surface area contributed by atoms with E-state index in [2.05, 4.69) is 159 Å². The molecule has 4 nitrogen and oxygen atoms in total. The monoisotopic (exact) mass is 665 g/mol. The lowest BCUT2D eigenvalue weighted by molar-refractivity contribution is -0.438. The van der Waals surface area contributed by atoms with Crippen LogP contribution in [-0.4, -0.2) is 34.5 Å². The van der Waals surface area contributed by atoms with Gasteiger partial charge in [-0.3, -0.25) is 4.79 Å². The summed E-state index contributed by atoms with van der Waals surface area (Å²) in [4.78, 5) is 13.6. The average molecular weight is 666 g/mol. The van der Waals surface area contributed by atoms with E-state index in [-0.39, 0.29) is 17.3 Å². The predicted molar refractivity (Wildman–Crippen MR) is 212 cm³/mol. The first-order valence-electron chi connectivity index (χ1n) is 18.6. The summed E-state index contributed by atoms with van der Waals surface area (Å²) in [6.07, 6.45) is 21.8. The summed E-state index contributed by atoms with van der Waals surface area (Å²) in [5.74, 6) is -0.716. The third kappa shape index (κ3) is 6.86. The minimum atomic E-state index is -0.716. The van der Waals surface area contributed by atoms with E-state index in [1.165, 1.54) is 74.7 Å². The molecule has 4 aromatic carbocycles. The van der Waals surface area contributed by atoms with Gasteiger partial charge in [0.1, 0.15) is 6.54 Å². The summed E-state index contributed by atoms with van der Waals surface area (Å²) in [6.45, 7) is 13.6. The van der Waals surface area contributed by atoms with Crippen LogP contribution in [0.4, 0.5) is 11.4 Å². The van der Waals surface area contributed by atoms with Crippen LogP contribution in [0.25, 0.3) is 21.5 Å². The molecule has 0 saturated carbocycles. The van der Waals surface area contributed by atoms with Crippen molar-refractivity contribution in [3.8, 4) is 0 Å². The number of allylic oxidation sites excluding steroid dienone is 8. The zero-order valence-electron chi connectivity index (χ0n) is 30.6. The summed E-state index contributed by atoms with van der Waals surface area (Å²) in [6, 6.07) is 26.5. The highest BCUT2D eigenvalue weighted by Crippen LogP contribution is 2.51. The smallest absolute Gasteiger partial charge is 0.303 e. The van der Waals surface area contributed by atoms with Gasteiger partial charge in [-0.15, -0.1) is 0 Å². The second-order valence-corrected chi connectivity index (χ2v) is 14.9.